The zero-order valence-electron chi connectivity index (χ0n) is 12.5. The third-order valence-corrected chi connectivity index (χ3v) is 5.83. The Morgan fingerprint density at radius 1 is 1.10 bits per heavy atom. The van der Waals surface area contributed by atoms with Crippen LogP contribution in [0, 0.1) is 6.92 Å². The van der Waals surface area contributed by atoms with Gasteiger partial charge in [-0.15, -0.1) is 0 Å². The first-order valence-corrected chi connectivity index (χ1v) is 9.07. The van der Waals surface area contributed by atoms with Crippen molar-refractivity contribution in [3.05, 3.63) is 60.2 Å². The topological polar surface area (TPSA) is 12.5 Å². The maximum absolute atomic E-state index is 5.84. The van der Waals surface area contributed by atoms with Crippen molar-refractivity contribution in [1.29, 1.82) is 0 Å². The summed E-state index contributed by atoms with van der Waals surface area (Å²) in [6.45, 7) is 4.09. The van der Waals surface area contributed by atoms with Gasteiger partial charge in [0.15, 0.2) is 0 Å². The van der Waals surface area contributed by atoms with Crippen LogP contribution in [0.5, 0.6) is 0 Å². The predicted octanol–water partition coefficient (Wildman–Crippen LogP) is 3.30. The molecular weight excluding hydrogens is 294 g/mol. The van der Waals surface area contributed by atoms with E-state index in [0.717, 1.165) is 13.2 Å². The molecule has 1 aliphatic heterocycles. The van der Waals surface area contributed by atoms with Crippen LogP contribution in [-0.4, -0.2) is 19.3 Å². The van der Waals surface area contributed by atoms with E-state index in [9.17, 15) is 0 Å². The fourth-order valence-electron chi connectivity index (χ4n) is 2.60. The summed E-state index contributed by atoms with van der Waals surface area (Å²) in [5.74, 6) is 0. The van der Waals surface area contributed by atoms with Crippen molar-refractivity contribution < 1.29 is 24.1 Å². The summed E-state index contributed by atoms with van der Waals surface area (Å²) >= 11 is -0.346. The fraction of sp³-hybridized carbons (Fsp3) is 0.333. The molecule has 21 heavy (non-hydrogen) atoms. The molecule has 1 saturated heterocycles. The zero-order valence-corrected chi connectivity index (χ0v) is 14.0. The van der Waals surface area contributed by atoms with Gasteiger partial charge in [-0.3, -0.25) is 0 Å². The number of hydrogen-bond acceptors (Lipinski definition) is 2. The second kappa shape index (κ2) is 7.26. The van der Waals surface area contributed by atoms with Gasteiger partial charge >= 0.3 is 136 Å². The van der Waals surface area contributed by atoms with Gasteiger partial charge in [-0.2, -0.15) is 0 Å². The molecule has 3 heteroatoms. The normalized spacial score (nSPS) is 17.7. The number of benzene rings is 2. The molecule has 2 nitrogen and oxygen atoms in total. The second-order valence-electron chi connectivity index (χ2n) is 5.56. The van der Waals surface area contributed by atoms with Gasteiger partial charge in [-0.1, -0.05) is 0 Å². The Balaban J connectivity index is 1.77. The molecule has 2 aromatic rings. The van der Waals surface area contributed by atoms with Gasteiger partial charge in [0.1, 0.15) is 0 Å². The van der Waals surface area contributed by atoms with E-state index in [1.165, 1.54) is 28.0 Å². The molecule has 1 heterocycles. The van der Waals surface area contributed by atoms with Crippen molar-refractivity contribution in [2.75, 3.05) is 16.5 Å². The van der Waals surface area contributed by atoms with Gasteiger partial charge in [-0.05, 0) is 0 Å². The maximum atomic E-state index is 5.84. The fourth-order valence-corrected chi connectivity index (χ4v) is 4.52. The van der Waals surface area contributed by atoms with E-state index < -0.39 is 0 Å². The Hall–Kier alpha value is -1.09. The van der Waals surface area contributed by atoms with Crippen molar-refractivity contribution in [1.82, 2.24) is 0 Å². The number of hydrogen-bond donors (Lipinski definition) is 0. The molecular formula is C18H21NOTi. The summed E-state index contributed by atoms with van der Waals surface area (Å²) in [6.07, 6.45) is 2.81. The van der Waals surface area contributed by atoms with Crippen LogP contribution in [0.2, 0.25) is 0 Å². The summed E-state index contributed by atoms with van der Waals surface area (Å²) in [6, 6.07) is 19.8. The van der Waals surface area contributed by atoms with E-state index in [2.05, 4.69) is 64.9 Å². The van der Waals surface area contributed by atoms with E-state index in [-0.39, 0.29) is 19.4 Å². The summed E-state index contributed by atoms with van der Waals surface area (Å²) in [7, 11) is 0. The first-order valence-electron chi connectivity index (χ1n) is 7.59. The van der Waals surface area contributed by atoms with Gasteiger partial charge in [0, 0.05) is 0 Å². The third kappa shape index (κ3) is 4.20. The SMILES string of the molecule is Cc1ccc([N](CC2CCCO2)[Ti][c]2ccccc2)cc1. The van der Waals surface area contributed by atoms with E-state index in [4.69, 9.17) is 4.74 Å². The summed E-state index contributed by atoms with van der Waals surface area (Å²) in [5, 5.41) is 0. The molecule has 1 atom stereocenters. The standard InChI is InChI=1S/C12H16NO.C6H5.Ti/c1-10-4-6-11(7-5-10)13-9-12-3-2-8-14-12;1-2-4-6-5-3-1;/h4-7,12H,2-3,8-9H2,1H3;1-5H;/q-1;;+1. The van der Waals surface area contributed by atoms with Crippen molar-refractivity contribution in [2.45, 2.75) is 25.9 Å². The summed E-state index contributed by atoms with van der Waals surface area (Å²) < 4.78 is 9.87. The van der Waals surface area contributed by atoms with Gasteiger partial charge in [0.2, 0.25) is 0 Å². The van der Waals surface area contributed by atoms with Crippen LogP contribution in [0.25, 0.3) is 0 Å². The first kappa shape index (κ1) is 14.8. The molecule has 0 bridgehead atoms. The molecule has 0 radical (unpaired) electrons. The van der Waals surface area contributed by atoms with Crippen molar-refractivity contribution in [3.63, 3.8) is 0 Å². The Morgan fingerprint density at radius 2 is 1.86 bits per heavy atom. The molecule has 2 aromatic carbocycles. The monoisotopic (exact) mass is 315 g/mol. The summed E-state index contributed by atoms with van der Waals surface area (Å²) in [5.41, 5.74) is 2.65. The molecule has 1 aliphatic rings. The molecule has 0 aliphatic carbocycles. The number of nitrogens with zero attached hydrogens (tertiary/aromatic N) is 1. The Kier molecular flexibility index (Phi) is 5.13. The van der Waals surface area contributed by atoms with E-state index in [1.54, 1.807) is 0 Å². The Morgan fingerprint density at radius 3 is 2.52 bits per heavy atom. The minimum absolute atomic E-state index is 0.346. The van der Waals surface area contributed by atoms with Crippen LogP contribution >= 0.6 is 0 Å². The van der Waals surface area contributed by atoms with Crippen LogP contribution in [-0.2, 0) is 24.1 Å². The van der Waals surface area contributed by atoms with E-state index in [1.807, 2.05) is 0 Å². The van der Waals surface area contributed by atoms with E-state index >= 15 is 0 Å². The quantitative estimate of drug-likeness (QED) is 0.785. The van der Waals surface area contributed by atoms with Crippen LogP contribution in [0.4, 0.5) is 5.69 Å². The number of rotatable bonds is 5. The number of anilines is 1. The first-order chi connectivity index (χ1) is 10.3. The average Bonchev–Trinajstić information content (AvgIpc) is 3.01. The number of ether oxygens (including phenoxy) is 1. The molecule has 0 N–H and O–H groups in total. The number of aryl methyl sites for hydroxylation is 1. The van der Waals surface area contributed by atoms with Crippen molar-refractivity contribution in [2.24, 2.45) is 0 Å². The van der Waals surface area contributed by atoms with Crippen molar-refractivity contribution >= 4 is 9.56 Å². The van der Waals surface area contributed by atoms with Gasteiger partial charge in [0.25, 0.3) is 0 Å². The molecule has 0 aromatic heterocycles. The van der Waals surface area contributed by atoms with Crippen LogP contribution < -0.4 is 7.25 Å². The second-order valence-corrected chi connectivity index (χ2v) is 7.65. The van der Waals surface area contributed by atoms with Gasteiger partial charge < -0.3 is 0 Å². The Labute approximate surface area is 136 Å². The predicted molar refractivity (Wildman–Crippen MR) is 83.6 cm³/mol. The molecule has 0 amide bonds. The van der Waals surface area contributed by atoms with Gasteiger partial charge in [0.05, 0.1) is 0 Å². The van der Waals surface area contributed by atoms with E-state index in [0.29, 0.717) is 6.10 Å². The minimum atomic E-state index is -0.346. The van der Waals surface area contributed by atoms with Crippen LogP contribution in [0.3, 0.4) is 0 Å². The zero-order chi connectivity index (χ0) is 14.5. The average molecular weight is 315 g/mol. The molecule has 1 fully saturated rings. The molecule has 0 spiro atoms. The molecule has 0 saturated carbocycles. The molecule has 1 unspecified atom stereocenters. The molecule has 108 valence electrons. The van der Waals surface area contributed by atoms with Crippen LogP contribution in [0.15, 0.2) is 54.6 Å². The van der Waals surface area contributed by atoms with Crippen molar-refractivity contribution in [3.8, 4) is 0 Å². The summed E-state index contributed by atoms with van der Waals surface area (Å²) in [4.78, 5) is 0. The third-order valence-electron chi connectivity index (χ3n) is 3.79. The van der Waals surface area contributed by atoms with Gasteiger partial charge in [-0.25, -0.2) is 0 Å². The Bertz CT molecular complexity index is 549. The van der Waals surface area contributed by atoms with Crippen LogP contribution in [0.1, 0.15) is 18.4 Å². The molecule has 3 rings (SSSR count).